The summed E-state index contributed by atoms with van der Waals surface area (Å²) in [7, 11) is 0. The van der Waals surface area contributed by atoms with Gasteiger partial charge in [-0.1, -0.05) is 12.5 Å². The minimum atomic E-state index is -0.214. The molecule has 0 radical (unpaired) electrons. The lowest BCUT2D eigenvalue weighted by molar-refractivity contribution is 0.255. The summed E-state index contributed by atoms with van der Waals surface area (Å²) in [6.45, 7) is 4.02. The molecule has 0 bridgehead atoms. The van der Waals surface area contributed by atoms with Gasteiger partial charge in [0.15, 0.2) is 0 Å². The number of anilines is 1. The molecular weight excluding hydrogens is 315 g/mol. The van der Waals surface area contributed by atoms with Crippen LogP contribution in [0.2, 0.25) is 0 Å². The first-order valence-corrected chi connectivity index (χ1v) is 6.18. The summed E-state index contributed by atoms with van der Waals surface area (Å²) in [5.41, 5.74) is 1.93. The number of hydrogen-bond donors (Lipinski definition) is 2. The van der Waals surface area contributed by atoms with E-state index in [-0.39, 0.29) is 6.03 Å². The molecule has 0 aliphatic carbocycles. The maximum atomic E-state index is 11.4. The van der Waals surface area contributed by atoms with Gasteiger partial charge < -0.3 is 10.6 Å². The Morgan fingerprint density at radius 1 is 1.38 bits per heavy atom. The second-order valence-electron chi connectivity index (χ2n) is 3.45. The van der Waals surface area contributed by atoms with E-state index in [1.165, 1.54) is 0 Å². The second kappa shape index (κ2) is 6.52. The molecule has 4 heteroatoms. The van der Waals surface area contributed by atoms with Crippen molar-refractivity contribution >= 4 is 34.3 Å². The Kier molecular flexibility index (Phi) is 5.31. The van der Waals surface area contributed by atoms with Crippen LogP contribution < -0.4 is 10.6 Å². The molecule has 0 fully saturated rings. The van der Waals surface area contributed by atoms with Crippen molar-refractivity contribution in [3.63, 3.8) is 0 Å². The largest absolute Gasteiger partial charge is 0.323 e. The van der Waals surface area contributed by atoms with Gasteiger partial charge in [-0.3, -0.25) is 0 Å². The molecule has 0 saturated heterocycles. The standard InChI is InChI=1S/C12H15IN2O/c1-3-9(2)8-14-12(16)15-11-6-4-10(13)5-7-11/h4-8H,3H2,1-2H3,(H2,14,15,16)/b9-8+. The summed E-state index contributed by atoms with van der Waals surface area (Å²) in [4.78, 5) is 11.4. The third-order valence-corrected chi connectivity index (χ3v) is 2.83. The first kappa shape index (κ1) is 13.0. The molecule has 0 unspecified atom stereocenters. The van der Waals surface area contributed by atoms with Crippen LogP contribution >= 0.6 is 22.6 Å². The van der Waals surface area contributed by atoms with E-state index in [4.69, 9.17) is 0 Å². The fourth-order valence-electron chi connectivity index (χ4n) is 0.991. The molecule has 0 atom stereocenters. The van der Waals surface area contributed by atoms with Crippen LogP contribution in [-0.2, 0) is 0 Å². The highest BCUT2D eigenvalue weighted by molar-refractivity contribution is 14.1. The molecule has 1 rings (SSSR count). The lowest BCUT2D eigenvalue weighted by atomic mass is 10.3. The number of benzene rings is 1. The van der Waals surface area contributed by atoms with E-state index >= 15 is 0 Å². The predicted octanol–water partition coefficient (Wildman–Crippen LogP) is 3.73. The number of nitrogens with one attached hydrogen (secondary N) is 2. The molecular formula is C12H15IN2O. The second-order valence-corrected chi connectivity index (χ2v) is 4.70. The smallest absolute Gasteiger partial charge is 0.314 e. The maximum absolute atomic E-state index is 11.4. The van der Waals surface area contributed by atoms with Gasteiger partial charge in [0.1, 0.15) is 0 Å². The number of rotatable bonds is 3. The van der Waals surface area contributed by atoms with E-state index < -0.39 is 0 Å². The van der Waals surface area contributed by atoms with E-state index in [2.05, 4.69) is 33.2 Å². The van der Waals surface area contributed by atoms with E-state index in [0.717, 1.165) is 21.3 Å². The van der Waals surface area contributed by atoms with Crippen LogP contribution in [0.15, 0.2) is 36.0 Å². The van der Waals surface area contributed by atoms with Crippen molar-refractivity contribution in [3.8, 4) is 0 Å². The fourth-order valence-corrected chi connectivity index (χ4v) is 1.35. The molecule has 0 aliphatic heterocycles. The highest BCUT2D eigenvalue weighted by atomic mass is 127. The van der Waals surface area contributed by atoms with Crippen molar-refractivity contribution in [2.24, 2.45) is 0 Å². The van der Waals surface area contributed by atoms with E-state index in [1.54, 1.807) is 6.20 Å². The molecule has 0 spiro atoms. The monoisotopic (exact) mass is 330 g/mol. The third-order valence-electron chi connectivity index (χ3n) is 2.11. The molecule has 2 N–H and O–H groups in total. The Labute approximate surface area is 109 Å². The summed E-state index contributed by atoms with van der Waals surface area (Å²) in [6.07, 6.45) is 2.66. The molecule has 2 amide bonds. The number of halogens is 1. The summed E-state index contributed by atoms with van der Waals surface area (Å²) in [6, 6.07) is 7.43. The van der Waals surface area contributed by atoms with Crippen LogP contribution in [0.5, 0.6) is 0 Å². The SMILES string of the molecule is CC/C(C)=C/NC(=O)Nc1ccc(I)cc1. The molecule has 1 aromatic carbocycles. The highest BCUT2D eigenvalue weighted by Gasteiger charge is 1.98. The molecule has 0 heterocycles. The van der Waals surface area contributed by atoms with E-state index in [0.29, 0.717) is 0 Å². The molecule has 16 heavy (non-hydrogen) atoms. The fraction of sp³-hybridized carbons (Fsp3) is 0.250. The van der Waals surface area contributed by atoms with Crippen LogP contribution in [0.1, 0.15) is 20.3 Å². The zero-order valence-electron chi connectivity index (χ0n) is 9.38. The molecule has 86 valence electrons. The van der Waals surface area contributed by atoms with Crippen LogP contribution in [0.25, 0.3) is 0 Å². The average molecular weight is 330 g/mol. The third kappa shape index (κ3) is 4.65. The van der Waals surface area contributed by atoms with Crippen molar-refractivity contribution in [2.75, 3.05) is 5.32 Å². The molecule has 1 aromatic rings. The van der Waals surface area contributed by atoms with Gasteiger partial charge in [-0.2, -0.15) is 0 Å². The lowest BCUT2D eigenvalue weighted by Gasteiger charge is -2.05. The van der Waals surface area contributed by atoms with Crippen LogP contribution in [0.4, 0.5) is 10.5 Å². The van der Waals surface area contributed by atoms with Crippen LogP contribution in [-0.4, -0.2) is 6.03 Å². The Morgan fingerprint density at radius 2 is 2.00 bits per heavy atom. The number of carbonyl (C=O) groups excluding carboxylic acids is 1. The first-order valence-electron chi connectivity index (χ1n) is 5.10. The topological polar surface area (TPSA) is 41.1 Å². The summed E-state index contributed by atoms with van der Waals surface area (Å²) < 4.78 is 1.14. The Hall–Kier alpha value is -1.04. The average Bonchev–Trinajstić information content (AvgIpc) is 2.29. The zero-order chi connectivity index (χ0) is 12.0. The normalized spacial score (nSPS) is 11.1. The van der Waals surface area contributed by atoms with Crippen LogP contribution in [0, 0.1) is 3.57 Å². The number of amides is 2. The van der Waals surface area contributed by atoms with Gasteiger partial charge in [-0.05, 0) is 60.2 Å². The summed E-state index contributed by atoms with van der Waals surface area (Å²) in [5, 5.41) is 5.43. The van der Waals surface area contributed by atoms with Gasteiger partial charge in [-0.25, -0.2) is 4.79 Å². The predicted molar refractivity (Wildman–Crippen MR) is 75.4 cm³/mol. The minimum Gasteiger partial charge on any atom is -0.314 e. The lowest BCUT2D eigenvalue weighted by Crippen LogP contribution is -2.24. The maximum Gasteiger partial charge on any atom is 0.323 e. The first-order chi connectivity index (χ1) is 7.61. The highest BCUT2D eigenvalue weighted by Crippen LogP contribution is 2.10. The number of urea groups is 1. The van der Waals surface area contributed by atoms with Gasteiger partial charge in [0.25, 0.3) is 0 Å². The van der Waals surface area contributed by atoms with Gasteiger partial charge >= 0.3 is 6.03 Å². The molecule has 0 aromatic heterocycles. The van der Waals surface area contributed by atoms with E-state index in [9.17, 15) is 4.79 Å². The molecule has 0 saturated carbocycles. The van der Waals surface area contributed by atoms with E-state index in [1.807, 2.05) is 38.1 Å². The van der Waals surface area contributed by atoms with Crippen molar-refractivity contribution in [1.29, 1.82) is 0 Å². The Morgan fingerprint density at radius 3 is 2.56 bits per heavy atom. The quantitative estimate of drug-likeness (QED) is 0.815. The van der Waals surface area contributed by atoms with Gasteiger partial charge in [0, 0.05) is 15.5 Å². The molecule has 0 aliphatic rings. The van der Waals surface area contributed by atoms with Gasteiger partial charge in [-0.15, -0.1) is 0 Å². The van der Waals surface area contributed by atoms with Crippen molar-refractivity contribution in [2.45, 2.75) is 20.3 Å². The Balaban J connectivity index is 2.49. The zero-order valence-corrected chi connectivity index (χ0v) is 11.5. The van der Waals surface area contributed by atoms with Crippen LogP contribution in [0.3, 0.4) is 0 Å². The van der Waals surface area contributed by atoms with Crippen molar-refractivity contribution in [1.82, 2.24) is 5.32 Å². The number of carbonyl (C=O) groups is 1. The summed E-state index contributed by atoms with van der Waals surface area (Å²) >= 11 is 2.22. The minimum absolute atomic E-state index is 0.214. The van der Waals surface area contributed by atoms with Gasteiger partial charge in [0.2, 0.25) is 0 Å². The van der Waals surface area contributed by atoms with Crippen molar-refractivity contribution in [3.05, 3.63) is 39.6 Å². The Bertz CT molecular complexity index is 385. The summed E-state index contributed by atoms with van der Waals surface area (Å²) in [5.74, 6) is 0. The number of allylic oxidation sites excluding steroid dienone is 1. The van der Waals surface area contributed by atoms with Crippen molar-refractivity contribution < 1.29 is 4.79 Å². The van der Waals surface area contributed by atoms with Gasteiger partial charge in [0.05, 0.1) is 0 Å². The number of hydrogen-bond acceptors (Lipinski definition) is 1. The molecule has 3 nitrogen and oxygen atoms in total.